The van der Waals surface area contributed by atoms with E-state index in [0.717, 1.165) is 4.68 Å². The number of aryl methyl sites for hydroxylation is 1. The molecule has 0 fully saturated rings. The van der Waals surface area contributed by atoms with Crippen molar-refractivity contribution in [2.45, 2.75) is 19.4 Å². The molecule has 1 aromatic carbocycles. The van der Waals surface area contributed by atoms with E-state index < -0.39 is 29.9 Å². The standard InChI is InChI=1S/C16H14F3N5O2/c1-8(20-15(25)11-7-24(2)22-12(11)13(18)19)16-21-14(23-26-16)9-4-3-5-10(17)6-9/h3-8,13H,1-2H3,(H,20,25). The summed E-state index contributed by atoms with van der Waals surface area (Å²) in [4.78, 5) is 16.4. The van der Waals surface area contributed by atoms with Gasteiger partial charge < -0.3 is 9.84 Å². The molecule has 0 saturated heterocycles. The number of rotatable bonds is 5. The van der Waals surface area contributed by atoms with Crippen LogP contribution in [0.5, 0.6) is 0 Å². The van der Waals surface area contributed by atoms with Crippen molar-refractivity contribution in [2.75, 3.05) is 0 Å². The summed E-state index contributed by atoms with van der Waals surface area (Å²) in [5.74, 6) is -0.993. The first-order chi connectivity index (χ1) is 12.3. The van der Waals surface area contributed by atoms with E-state index in [1.807, 2.05) is 0 Å². The number of amides is 1. The highest BCUT2D eigenvalue weighted by Crippen LogP contribution is 2.23. The first-order valence-corrected chi connectivity index (χ1v) is 7.57. The molecule has 0 spiro atoms. The largest absolute Gasteiger partial charge is 0.340 e. The van der Waals surface area contributed by atoms with Crippen molar-refractivity contribution in [2.24, 2.45) is 7.05 Å². The molecular formula is C16H14F3N5O2. The number of carbonyl (C=O) groups is 1. The van der Waals surface area contributed by atoms with Gasteiger partial charge in [0.2, 0.25) is 11.7 Å². The summed E-state index contributed by atoms with van der Waals surface area (Å²) in [7, 11) is 1.44. The van der Waals surface area contributed by atoms with Gasteiger partial charge in [0.15, 0.2) is 0 Å². The summed E-state index contributed by atoms with van der Waals surface area (Å²) in [6.45, 7) is 1.55. The van der Waals surface area contributed by atoms with Crippen molar-refractivity contribution < 1.29 is 22.5 Å². The van der Waals surface area contributed by atoms with Gasteiger partial charge in [-0.1, -0.05) is 17.3 Å². The Morgan fingerprint density at radius 2 is 2.12 bits per heavy atom. The topological polar surface area (TPSA) is 85.8 Å². The maximum Gasteiger partial charge on any atom is 0.282 e. The zero-order valence-electron chi connectivity index (χ0n) is 13.8. The van der Waals surface area contributed by atoms with E-state index in [9.17, 15) is 18.0 Å². The zero-order chi connectivity index (χ0) is 18.8. The van der Waals surface area contributed by atoms with Crippen molar-refractivity contribution in [3.8, 4) is 11.4 Å². The molecule has 0 radical (unpaired) electrons. The van der Waals surface area contributed by atoms with E-state index in [1.165, 1.54) is 31.4 Å². The van der Waals surface area contributed by atoms with Crippen LogP contribution in [0.1, 0.15) is 41.3 Å². The molecule has 1 amide bonds. The summed E-state index contributed by atoms with van der Waals surface area (Å²) < 4.78 is 45.4. The summed E-state index contributed by atoms with van der Waals surface area (Å²) in [6.07, 6.45) is -1.68. The van der Waals surface area contributed by atoms with Gasteiger partial charge >= 0.3 is 0 Å². The van der Waals surface area contributed by atoms with Gasteiger partial charge in [0, 0.05) is 18.8 Å². The Morgan fingerprint density at radius 3 is 2.81 bits per heavy atom. The number of nitrogens with zero attached hydrogens (tertiary/aromatic N) is 4. The molecule has 0 aliphatic heterocycles. The number of aromatic nitrogens is 4. The van der Waals surface area contributed by atoms with Crippen molar-refractivity contribution in [3.05, 3.63) is 53.4 Å². The van der Waals surface area contributed by atoms with Gasteiger partial charge in [-0.15, -0.1) is 0 Å². The van der Waals surface area contributed by atoms with E-state index in [-0.39, 0.29) is 17.3 Å². The minimum absolute atomic E-state index is 0.0556. The van der Waals surface area contributed by atoms with Crippen LogP contribution in [-0.4, -0.2) is 25.8 Å². The van der Waals surface area contributed by atoms with Crippen molar-refractivity contribution in [1.29, 1.82) is 0 Å². The molecule has 26 heavy (non-hydrogen) atoms. The maximum absolute atomic E-state index is 13.3. The van der Waals surface area contributed by atoms with E-state index in [2.05, 4.69) is 20.6 Å². The maximum atomic E-state index is 13.3. The van der Waals surface area contributed by atoms with Gasteiger partial charge in [0.05, 0.1) is 5.56 Å². The van der Waals surface area contributed by atoms with Crippen LogP contribution in [0.15, 0.2) is 35.0 Å². The first-order valence-electron chi connectivity index (χ1n) is 7.57. The third-order valence-electron chi connectivity index (χ3n) is 3.55. The number of hydrogen-bond acceptors (Lipinski definition) is 5. The van der Waals surface area contributed by atoms with Gasteiger partial charge in [-0.25, -0.2) is 13.2 Å². The molecule has 0 aliphatic carbocycles. The molecule has 136 valence electrons. The number of benzene rings is 1. The summed E-state index contributed by atoms with van der Waals surface area (Å²) >= 11 is 0. The SMILES string of the molecule is CC(NC(=O)c1cn(C)nc1C(F)F)c1nc(-c2cccc(F)c2)no1. The summed E-state index contributed by atoms with van der Waals surface area (Å²) in [6, 6.07) is 4.87. The molecule has 3 rings (SSSR count). The number of carbonyl (C=O) groups excluding carboxylic acids is 1. The van der Waals surface area contributed by atoms with E-state index in [4.69, 9.17) is 4.52 Å². The fourth-order valence-electron chi connectivity index (χ4n) is 2.33. The molecule has 1 unspecified atom stereocenters. The molecule has 0 aliphatic rings. The second-order valence-corrected chi connectivity index (χ2v) is 5.56. The Morgan fingerprint density at radius 1 is 1.35 bits per heavy atom. The molecule has 2 aromatic heterocycles. The Labute approximate surface area is 145 Å². The van der Waals surface area contributed by atoms with Gasteiger partial charge in [-0.2, -0.15) is 10.1 Å². The van der Waals surface area contributed by atoms with Crippen LogP contribution in [-0.2, 0) is 7.05 Å². The van der Waals surface area contributed by atoms with Gasteiger partial charge in [0.1, 0.15) is 17.6 Å². The molecule has 0 saturated carbocycles. The van der Waals surface area contributed by atoms with Gasteiger partial charge in [0.25, 0.3) is 12.3 Å². The summed E-state index contributed by atoms with van der Waals surface area (Å²) in [5, 5.41) is 9.82. The number of nitrogens with one attached hydrogen (secondary N) is 1. The fourth-order valence-corrected chi connectivity index (χ4v) is 2.33. The van der Waals surface area contributed by atoms with Crippen LogP contribution in [0.4, 0.5) is 13.2 Å². The Kier molecular flexibility index (Phi) is 4.74. The smallest absolute Gasteiger partial charge is 0.282 e. The molecule has 0 bridgehead atoms. The molecule has 7 nitrogen and oxygen atoms in total. The normalized spacial score (nSPS) is 12.4. The minimum atomic E-state index is -2.88. The molecule has 3 aromatic rings. The number of hydrogen-bond donors (Lipinski definition) is 1. The van der Waals surface area contributed by atoms with Gasteiger partial charge in [-0.05, 0) is 19.1 Å². The quantitative estimate of drug-likeness (QED) is 0.751. The van der Waals surface area contributed by atoms with E-state index in [1.54, 1.807) is 13.0 Å². The highest BCUT2D eigenvalue weighted by atomic mass is 19.3. The van der Waals surface area contributed by atoms with Crippen molar-refractivity contribution in [3.63, 3.8) is 0 Å². The molecule has 10 heteroatoms. The van der Waals surface area contributed by atoms with Crippen molar-refractivity contribution >= 4 is 5.91 Å². The molecule has 2 heterocycles. The highest BCUT2D eigenvalue weighted by Gasteiger charge is 2.25. The third kappa shape index (κ3) is 3.58. The van der Waals surface area contributed by atoms with Crippen LogP contribution < -0.4 is 5.32 Å². The lowest BCUT2D eigenvalue weighted by molar-refractivity contribution is 0.0918. The second-order valence-electron chi connectivity index (χ2n) is 5.56. The van der Waals surface area contributed by atoms with E-state index >= 15 is 0 Å². The average molecular weight is 365 g/mol. The lowest BCUT2D eigenvalue weighted by atomic mass is 10.2. The van der Waals surface area contributed by atoms with Crippen LogP contribution in [0, 0.1) is 5.82 Å². The first kappa shape index (κ1) is 17.6. The fraction of sp³-hybridized carbons (Fsp3) is 0.250. The van der Waals surface area contributed by atoms with Crippen LogP contribution >= 0.6 is 0 Å². The summed E-state index contributed by atoms with van der Waals surface area (Å²) in [5.41, 5.74) is -0.437. The monoisotopic (exact) mass is 365 g/mol. The average Bonchev–Trinajstić information content (AvgIpc) is 3.21. The Bertz CT molecular complexity index is 938. The second kappa shape index (κ2) is 6.98. The Hall–Kier alpha value is -3.17. The molecule has 1 atom stereocenters. The van der Waals surface area contributed by atoms with E-state index in [0.29, 0.717) is 5.56 Å². The molecular weight excluding hydrogens is 351 g/mol. The van der Waals surface area contributed by atoms with Crippen LogP contribution in [0.3, 0.4) is 0 Å². The third-order valence-corrected chi connectivity index (χ3v) is 3.55. The number of halogens is 3. The molecule has 1 N–H and O–H groups in total. The lowest BCUT2D eigenvalue weighted by Gasteiger charge is -2.09. The van der Waals surface area contributed by atoms with Crippen LogP contribution in [0.2, 0.25) is 0 Å². The van der Waals surface area contributed by atoms with Gasteiger partial charge in [-0.3, -0.25) is 9.48 Å². The Balaban J connectivity index is 1.76. The minimum Gasteiger partial charge on any atom is -0.340 e. The zero-order valence-corrected chi connectivity index (χ0v) is 13.8. The lowest BCUT2D eigenvalue weighted by Crippen LogP contribution is -2.27. The number of alkyl halides is 2. The van der Waals surface area contributed by atoms with Crippen LogP contribution in [0.25, 0.3) is 11.4 Å². The predicted molar refractivity (Wildman–Crippen MR) is 83.7 cm³/mol. The van der Waals surface area contributed by atoms with Crippen molar-refractivity contribution in [1.82, 2.24) is 25.2 Å². The predicted octanol–water partition coefficient (Wildman–Crippen LogP) is 3.04. The highest BCUT2D eigenvalue weighted by molar-refractivity contribution is 5.95.